The molecule has 0 aliphatic carbocycles. The Labute approximate surface area is 198 Å². The van der Waals surface area contributed by atoms with Crippen LogP contribution in [0.5, 0.6) is 0 Å². The van der Waals surface area contributed by atoms with Crippen LogP contribution in [0.4, 0.5) is 15.8 Å². The third kappa shape index (κ3) is 4.78. The smallest absolute Gasteiger partial charge is 0.265 e. The minimum Gasteiger partial charge on any atom is -0.378 e. The monoisotopic (exact) mass is 479 g/mol. The number of thiophene rings is 1. The van der Waals surface area contributed by atoms with Gasteiger partial charge in [-0.25, -0.2) is 9.82 Å². The lowest BCUT2D eigenvalue weighted by Crippen LogP contribution is -2.36. The number of ether oxygens (including phenoxy) is 1. The molecule has 1 saturated heterocycles. The van der Waals surface area contributed by atoms with Gasteiger partial charge in [0.05, 0.1) is 30.7 Å². The second kappa shape index (κ2) is 9.62. The predicted molar refractivity (Wildman–Crippen MR) is 130 cm³/mol. The van der Waals surface area contributed by atoms with E-state index in [2.05, 4.69) is 20.7 Å². The Morgan fingerprint density at radius 3 is 2.62 bits per heavy atom. The number of carbonyl (C=O) groups excluding carboxylic acids is 2. The van der Waals surface area contributed by atoms with Gasteiger partial charge in [0.2, 0.25) is 5.91 Å². The number of aromatic nitrogens is 2. The summed E-state index contributed by atoms with van der Waals surface area (Å²) < 4.78 is 19.2. The summed E-state index contributed by atoms with van der Waals surface area (Å²) in [5.74, 6) is -1.09. The summed E-state index contributed by atoms with van der Waals surface area (Å²) >= 11 is 1.21. The lowest BCUT2D eigenvalue weighted by Gasteiger charge is -2.28. The van der Waals surface area contributed by atoms with E-state index >= 15 is 0 Å². The van der Waals surface area contributed by atoms with Crippen LogP contribution in [-0.4, -0.2) is 48.0 Å². The number of rotatable bonds is 6. The third-order valence-corrected chi connectivity index (χ3v) is 6.63. The van der Waals surface area contributed by atoms with E-state index in [0.717, 1.165) is 24.2 Å². The highest BCUT2D eigenvalue weighted by Crippen LogP contribution is 2.26. The van der Waals surface area contributed by atoms with Gasteiger partial charge in [-0.15, -0.1) is 11.3 Å². The number of nitrogens with one attached hydrogen (secondary N) is 2. The maximum absolute atomic E-state index is 13.8. The van der Waals surface area contributed by atoms with Gasteiger partial charge in [0.1, 0.15) is 10.6 Å². The van der Waals surface area contributed by atoms with Crippen molar-refractivity contribution >= 4 is 44.7 Å². The first-order valence-electron chi connectivity index (χ1n) is 10.8. The van der Waals surface area contributed by atoms with Gasteiger partial charge in [0.25, 0.3) is 5.91 Å². The summed E-state index contributed by atoms with van der Waals surface area (Å²) in [6.07, 6.45) is 1.45. The van der Waals surface area contributed by atoms with Crippen molar-refractivity contribution < 1.29 is 18.7 Å². The fourth-order valence-electron chi connectivity index (χ4n) is 3.76. The van der Waals surface area contributed by atoms with Crippen LogP contribution in [0.15, 0.2) is 60.8 Å². The van der Waals surface area contributed by atoms with Crippen molar-refractivity contribution in [3.8, 4) is 0 Å². The largest absolute Gasteiger partial charge is 0.378 e. The third-order valence-electron chi connectivity index (χ3n) is 5.51. The highest BCUT2D eigenvalue weighted by atomic mass is 32.1. The van der Waals surface area contributed by atoms with Crippen molar-refractivity contribution in [3.05, 3.63) is 77.1 Å². The summed E-state index contributed by atoms with van der Waals surface area (Å²) in [6.45, 7) is 3.12. The molecule has 0 bridgehead atoms. The van der Waals surface area contributed by atoms with Crippen LogP contribution in [0, 0.1) is 5.82 Å². The van der Waals surface area contributed by atoms with E-state index in [1.165, 1.54) is 22.2 Å². The molecule has 2 amide bonds. The molecule has 1 aliphatic heterocycles. The number of anilines is 2. The molecule has 2 N–H and O–H groups in total. The molecule has 4 aromatic rings. The van der Waals surface area contributed by atoms with Crippen LogP contribution in [0.3, 0.4) is 0 Å². The fraction of sp³-hybridized carbons (Fsp3) is 0.208. The van der Waals surface area contributed by atoms with Gasteiger partial charge >= 0.3 is 0 Å². The molecule has 0 unspecified atom stereocenters. The molecule has 0 spiro atoms. The van der Waals surface area contributed by atoms with Crippen LogP contribution >= 0.6 is 11.3 Å². The number of morpholine rings is 1. The molecule has 34 heavy (non-hydrogen) atoms. The number of nitrogens with zero attached hydrogens (tertiary/aromatic N) is 3. The first-order chi connectivity index (χ1) is 16.6. The molecule has 174 valence electrons. The molecule has 3 heterocycles. The van der Waals surface area contributed by atoms with Crippen LogP contribution in [0.2, 0.25) is 0 Å². The molecule has 1 aliphatic rings. The summed E-state index contributed by atoms with van der Waals surface area (Å²) in [5.41, 5.74) is 4.73. The Balaban J connectivity index is 1.24. The van der Waals surface area contributed by atoms with Crippen LogP contribution < -0.4 is 15.6 Å². The molecular weight excluding hydrogens is 457 g/mol. The highest BCUT2D eigenvalue weighted by molar-refractivity contribution is 7.20. The van der Waals surface area contributed by atoms with Gasteiger partial charge in [-0.2, -0.15) is 9.89 Å². The molecular formula is C24H22FN5O3S. The average Bonchev–Trinajstić information content (AvgIpc) is 3.44. The Morgan fingerprint density at radius 1 is 1.09 bits per heavy atom. The van der Waals surface area contributed by atoms with Gasteiger partial charge in [-0.1, -0.05) is 18.2 Å². The van der Waals surface area contributed by atoms with Crippen LogP contribution in [0.25, 0.3) is 10.2 Å². The maximum atomic E-state index is 13.8. The summed E-state index contributed by atoms with van der Waals surface area (Å²) in [6, 6.07) is 15.6. The number of fused-ring (bicyclic) bond motifs is 1. The summed E-state index contributed by atoms with van der Waals surface area (Å²) in [7, 11) is 0. The van der Waals surface area contributed by atoms with E-state index in [1.807, 2.05) is 24.3 Å². The van der Waals surface area contributed by atoms with Crippen molar-refractivity contribution in [2.24, 2.45) is 0 Å². The summed E-state index contributed by atoms with van der Waals surface area (Å²) in [4.78, 5) is 29.8. The first-order valence-corrected chi connectivity index (χ1v) is 11.6. The van der Waals surface area contributed by atoms with E-state index in [1.54, 1.807) is 30.5 Å². The van der Waals surface area contributed by atoms with Gasteiger partial charge in [-0.05, 0) is 42.0 Å². The molecule has 0 saturated carbocycles. The first kappa shape index (κ1) is 22.1. The topological polar surface area (TPSA) is 88.5 Å². The number of hydrogen-bond donors (Lipinski definition) is 2. The zero-order valence-electron chi connectivity index (χ0n) is 18.2. The fourth-order valence-corrected chi connectivity index (χ4v) is 4.71. The Morgan fingerprint density at radius 2 is 1.85 bits per heavy atom. The minimum absolute atomic E-state index is 0.118. The number of amides is 2. The van der Waals surface area contributed by atoms with E-state index in [9.17, 15) is 14.0 Å². The van der Waals surface area contributed by atoms with Crippen molar-refractivity contribution in [1.29, 1.82) is 0 Å². The minimum atomic E-state index is -0.434. The average molecular weight is 480 g/mol. The van der Waals surface area contributed by atoms with Crippen molar-refractivity contribution in [1.82, 2.24) is 9.89 Å². The van der Waals surface area contributed by atoms with Crippen molar-refractivity contribution in [3.63, 3.8) is 0 Å². The molecule has 8 nitrogen and oxygen atoms in total. The molecule has 1 fully saturated rings. The number of hydrogen-bond acceptors (Lipinski definition) is 6. The Hall–Kier alpha value is -3.76. The zero-order valence-corrected chi connectivity index (χ0v) is 19.0. The SMILES string of the molecule is O=C(Cc1ccccc1F)Nn1ncc2cc(C(=O)Nc3ccc(N4CCOCC4)cc3)sc21. The van der Waals surface area contributed by atoms with E-state index < -0.39 is 11.7 Å². The second-order valence-electron chi connectivity index (χ2n) is 7.83. The van der Waals surface area contributed by atoms with Gasteiger partial charge in [0, 0.05) is 29.9 Å². The quantitative estimate of drug-likeness (QED) is 0.441. The maximum Gasteiger partial charge on any atom is 0.265 e. The number of carbonyl (C=O) groups is 2. The number of benzene rings is 2. The number of halogens is 1. The van der Waals surface area contributed by atoms with Gasteiger partial charge in [0.15, 0.2) is 0 Å². The van der Waals surface area contributed by atoms with Crippen molar-refractivity contribution in [2.75, 3.05) is 41.9 Å². The van der Waals surface area contributed by atoms with Crippen molar-refractivity contribution in [2.45, 2.75) is 6.42 Å². The standard InChI is InChI=1S/C24H22FN5O3S/c25-20-4-2-1-3-16(20)14-22(31)28-30-24-17(15-26-30)13-21(34-24)23(32)27-18-5-7-19(8-6-18)29-9-11-33-12-10-29/h1-8,13,15H,9-12,14H2,(H,27,32)(H,28,31). The van der Waals surface area contributed by atoms with Gasteiger partial charge in [-0.3, -0.25) is 9.59 Å². The molecule has 0 atom stereocenters. The normalized spacial score (nSPS) is 13.7. The molecule has 5 rings (SSSR count). The molecule has 10 heteroatoms. The van der Waals surface area contributed by atoms with E-state index in [4.69, 9.17) is 4.74 Å². The molecule has 2 aromatic heterocycles. The second-order valence-corrected chi connectivity index (χ2v) is 8.86. The molecule has 0 radical (unpaired) electrons. The van der Waals surface area contributed by atoms with Gasteiger partial charge < -0.3 is 15.0 Å². The predicted octanol–water partition coefficient (Wildman–Crippen LogP) is 3.64. The zero-order chi connectivity index (χ0) is 23.5. The highest BCUT2D eigenvalue weighted by Gasteiger charge is 2.17. The van der Waals surface area contributed by atoms with E-state index in [-0.39, 0.29) is 12.3 Å². The van der Waals surface area contributed by atoms with Crippen LogP contribution in [0.1, 0.15) is 15.2 Å². The van der Waals surface area contributed by atoms with E-state index in [0.29, 0.717) is 34.2 Å². The Kier molecular flexibility index (Phi) is 6.24. The lowest BCUT2D eigenvalue weighted by molar-refractivity contribution is -0.116. The molecule has 2 aromatic carbocycles. The van der Waals surface area contributed by atoms with Crippen LogP contribution in [-0.2, 0) is 16.0 Å². The lowest BCUT2D eigenvalue weighted by atomic mass is 10.1. The Bertz CT molecular complexity index is 1330. The summed E-state index contributed by atoms with van der Waals surface area (Å²) in [5, 5.41) is 7.79.